The number of para-hydroxylation sites is 5. The topological polar surface area (TPSA) is 53.5 Å². The van der Waals surface area contributed by atoms with Crippen LogP contribution in [0.4, 0.5) is 0 Å². The number of fused-ring (bicyclic) bond motifs is 10. The van der Waals surface area contributed by atoms with Crippen molar-refractivity contribution in [2.75, 3.05) is 0 Å². The second kappa shape index (κ2) is 12.3. The van der Waals surface area contributed by atoms with E-state index in [4.69, 9.17) is 15.0 Å². The number of nitrogens with zero attached hydrogens (tertiary/aromatic N) is 6. The van der Waals surface area contributed by atoms with Gasteiger partial charge in [-0.05, 0) is 53.6 Å². The van der Waals surface area contributed by atoms with E-state index >= 15 is 0 Å². The van der Waals surface area contributed by atoms with E-state index in [1.807, 2.05) is 6.07 Å². The maximum atomic E-state index is 5.48. The van der Waals surface area contributed by atoms with Gasteiger partial charge in [-0.15, -0.1) is 0 Å². The summed E-state index contributed by atoms with van der Waals surface area (Å²) in [6.45, 7) is 0. The molecule has 8 aromatic carbocycles. The summed E-state index contributed by atoms with van der Waals surface area (Å²) in [4.78, 5) is 16.3. The standard InChI is InChI=1S/C51H32N6/c1-3-16-33(17-4-1)34-18-15-19-35(32-34)49-52-50(56-44-27-12-7-22-37(44)38-23-8-13-28-45(38)56)54-51(53-49)57-46-29-14-10-25-40(46)42-31-30-41-39-24-9-11-26-43(39)55(47(41)48(42)57)36-20-5-2-6-21-36/h1-32H. The Morgan fingerprint density at radius 3 is 1.30 bits per heavy atom. The quantitative estimate of drug-likeness (QED) is 0.177. The fourth-order valence-electron chi connectivity index (χ4n) is 8.84. The molecule has 0 aliphatic rings. The van der Waals surface area contributed by atoms with Crippen LogP contribution in [0.3, 0.4) is 0 Å². The first-order valence-electron chi connectivity index (χ1n) is 19.2. The summed E-state index contributed by atoms with van der Waals surface area (Å²) in [6, 6.07) is 68.4. The highest BCUT2D eigenvalue weighted by Crippen LogP contribution is 2.42. The lowest BCUT2D eigenvalue weighted by Crippen LogP contribution is -2.10. The lowest BCUT2D eigenvalue weighted by Gasteiger charge is -2.14. The van der Waals surface area contributed by atoms with Crippen LogP contribution in [-0.2, 0) is 0 Å². The summed E-state index contributed by atoms with van der Waals surface area (Å²) in [7, 11) is 0. The largest absolute Gasteiger partial charge is 0.307 e. The van der Waals surface area contributed by atoms with Crippen LogP contribution in [0.25, 0.3) is 106 Å². The molecule has 12 aromatic rings. The Kier molecular flexibility index (Phi) is 6.83. The molecule has 0 atom stereocenters. The van der Waals surface area contributed by atoms with E-state index in [-0.39, 0.29) is 0 Å². The van der Waals surface area contributed by atoms with Crippen molar-refractivity contribution in [3.8, 4) is 40.1 Å². The molecule has 6 nitrogen and oxygen atoms in total. The molecule has 0 saturated carbocycles. The third-order valence-electron chi connectivity index (χ3n) is 11.3. The normalized spacial score (nSPS) is 11.9. The fourth-order valence-corrected chi connectivity index (χ4v) is 8.84. The number of hydrogen-bond donors (Lipinski definition) is 0. The molecule has 266 valence electrons. The van der Waals surface area contributed by atoms with Crippen molar-refractivity contribution in [1.29, 1.82) is 0 Å². The monoisotopic (exact) mass is 728 g/mol. The van der Waals surface area contributed by atoms with E-state index in [0.717, 1.165) is 77.0 Å². The van der Waals surface area contributed by atoms with Gasteiger partial charge >= 0.3 is 0 Å². The van der Waals surface area contributed by atoms with Crippen LogP contribution in [0.2, 0.25) is 0 Å². The first kappa shape index (κ1) is 31.5. The van der Waals surface area contributed by atoms with E-state index in [1.54, 1.807) is 0 Å². The van der Waals surface area contributed by atoms with Gasteiger partial charge in [-0.3, -0.25) is 9.13 Å². The van der Waals surface area contributed by atoms with Gasteiger partial charge in [0.05, 0.1) is 33.1 Å². The molecule has 4 aromatic heterocycles. The van der Waals surface area contributed by atoms with Crippen molar-refractivity contribution < 1.29 is 0 Å². The Morgan fingerprint density at radius 2 is 0.702 bits per heavy atom. The van der Waals surface area contributed by atoms with Crippen LogP contribution in [0.5, 0.6) is 0 Å². The number of rotatable bonds is 5. The second-order valence-electron chi connectivity index (χ2n) is 14.5. The van der Waals surface area contributed by atoms with Crippen molar-refractivity contribution in [3.63, 3.8) is 0 Å². The molecule has 0 unspecified atom stereocenters. The van der Waals surface area contributed by atoms with Gasteiger partial charge in [0.1, 0.15) is 0 Å². The van der Waals surface area contributed by atoms with E-state index < -0.39 is 0 Å². The first-order valence-corrected chi connectivity index (χ1v) is 19.2. The minimum absolute atomic E-state index is 0.547. The first-order chi connectivity index (χ1) is 28.3. The number of hydrogen-bond acceptors (Lipinski definition) is 3. The summed E-state index contributed by atoms with van der Waals surface area (Å²) < 4.78 is 6.83. The Bertz CT molecular complexity index is 3470. The van der Waals surface area contributed by atoms with Crippen molar-refractivity contribution in [2.45, 2.75) is 0 Å². The van der Waals surface area contributed by atoms with Crippen LogP contribution in [-0.4, -0.2) is 28.7 Å². The van der Waals surface area contributed by atoms with Crippen molar-refractivity contribution in [1.82, 2.24) is 28.7 Å². The minimum Gasteiger partial charge on any atom is -0.307 e. The molecule has 0 N–H and O–H groups in total. The predicted octanol–water partition coefficient (Wildman–Crippen LogP) is 12.5. The van der Waals surface area contributed by atoms with Gasteiger partial charge in [0.25, 0.3) is 0 Å². The van der Waals surface area contributed by atoms with Crippen molar-refractivity contribution in [3.05, 3.63) is 194 Å². The highest BCUT2D eigenvalue weighted by molar-refractivity contribution is 6.23. The van der Waals surface area contributed by atoms with Crippen LogP contribution in [0.15, 0.2) is 194 Å². The van der Waals surface area contributed by atoms with Gasteiger partial charge in [-0.1, -0.05) is 152 Å². The zero-order chi connectivity index (χ0) is 37.5. The highest BCUT2D eigenvalue weighted by atomic mass is 15.3. The van der Waals surface area contributed by atoms with Gasteiger partial charge in [-0.25, -0.2) is 0 Å². The SMILES string of the molecule is c1ccc(-c2cccc(-c3nc(-n4c5ccccc5c5ccccc54)nc(-n4c5ccccc5c5ccc6c7ccccc7n(-c7ccccc7)c6c54)n3)c2)cc1. The van der Waals surface area contributed by atoms with Gasteiger partial charge in [0.15, 0.2) is 5.82 Å². The molecular weight excluding hydrogens is 697 g/mol. The van der Waals surface area contributed by atoms with Crippen molar-refractivity contribution in [2.24, 2.45) is 0 Å². The zero-order valence-corrected chi connectivity index (χ0v) is 30.7. The summed E-state index contributed by atoms with van der Waals surface area (Å²) >= 11 is 0. The number of aromatic nitrogens is 6. The molecule has 0 saturated heterocycles. The lowest BCUT2D eigenvalue weighted by atomic mass is 10.0. The average Bonchev–Trinajstić information content (AvgIpc) is 3.93. The third-order valence-corrected chi connectivity index (χ3v) is 11.3. The third kappa shape index (κ3) is 4.74. The molecule has 57 heavy (non-hydrogen) atoms. The van der Waals surface area contributed by atoms with Crippen LogP contribution >= 0.6 is 0 Å². The molecule has 0 radical (unpaired) electrons. The lowest BCUT2D eigenvalue weighted by molar-refractivity contribution is 0.893. The van der Waals surface area contributed by atoms with Gasteiger partial charge in [0, 0.05) is 43.6 Å². The fraction of sp³-hybridized carbons (Fsp3) is 0. The molecule has 0 amide bonds. The van der Waals surface area contributed by atoms with E-state index in [0.29, 0.717) is 17.7 Å². The smallest absolute Gasteiger partial charge is 0.240 e. The van der Waals surface area contributed by atoms with Gasteiger partial charge < -0.3 is 4.57 Å². The Balaban J connectivity index is 1.24. The number of benzene rings is 8. The molecule has 0 aliphatic carbocycles. The summed E-state index contributed by atoms with van der Waals surface area (Å²) in [5.74, 6) is 1.70. The molecule has 0 aliphatic heterocycles. The second-order valence-corrected chi connectivity index (χ2v) is 14.5. The van der Waals surface area contributed by atoms with E-state index in [1.165, 1.54) is 10.8 Å². The molecule has 0 fully saturated rings. The molecule has 4 heterocycles. The summed E-state index contributed by atoms with van der Waals surface area (Å²) in [6.07, 6.45) is 0. The summed E-state index contributed by atoms with van der Waals surface area (Å²) in [5, 5.41) is 6.91. The Labute approximate surface area is 327 Å². The van der Waals surface area contributed by atoms with Crippen LogP contribution in [0, 0.1) is 0 Å². The summed E-state index contributed by atoms with van der Waals surface area (Å²) in [5.41, 5.74) is 10.6. The van der Waals surface area contributed by atoms with Crippen LogP contribution in [0.1, 0.15) is 0 Å². The molecule has 0 bridgehead atoms. The Morgan fingerprint density at radius 1 is 0.281 bits per heavy atom. The zero-order valence-electron chi connectivity index (χ0n) is 30.7. The van der Waals surface area contributed by atoms with E-state index in [9.17, 15) is 0 Å². The molecule has 6 heteroatoms. The predicted molar refractivity (Wildman–Crippen MR) is 234 cm³/mol. The van der Waals surface area contributed by atoms with Gasteiger partial charge in [0.2, 0.25) is 11.9 Å². The molecule has 0 spiro atoms. The molecule has 12 rings (SSSR count). The maximum Gasteiger partial charge on any atom is 0.240 e. The maximum absolute atomic E-state index is 5.48. The minimum atomic E-state index is 0.547. The van der Waals surface area contributed by atoms with Crippen LogP contribution < -0.4 is 0 Å². The molecular formula is C51H32N6. The van der Waals surface area contributed by atoms with Crippen molar-refractivity contribution >= 4 is 65.4 Å². The highest BCUT2D eigenvalue weighted by Gasteiger charge is 2.24. The van der Waals surface area contributed by atoms with E-state index in [2.05, 4.69) is 202 Å². The van der Waals surface area contributed by atoms with Gasteiger partial charge in [-0.2, -0.15) is 15.0 Å². The average molecular weight is 729 g/mol. The Hall–Kier alpha value is -7.83.